The van der Waals surface area contributed by atoms with Crippen LogP contribution in [0.1, 0.15) is 21.8 Å². The Morgan fingerprint density at radius 2 is 2.08 bits per heavy atom. The molecule has 7 heteroatoms. The smallest absolute Gasteiger partial charge is 0.338 e. The molecule has 6 nitrogen and oxygen atoms in total. The highest BCUT2D eigenvalue weighted by molar-refractivity contribution is 5.89. The Kier molecular flexibility index (Phi) is 4.74. The monoisotopic (exact) mass is 342 g/mol. The molecular formula is C18H15FN2O4. The fourth-order valence-electron chi connectivity index (χ4n) is 2.12. The third-order valence-corrected chi connectivity index (χ3v) is 3.53. The second-order valence-corrected chi connectivity index (χ2v) is 5.28. The number of esters is 1. The average Bonchev–Trinajstić information content (AvgIpc) is 3.11. The average molecular weight is 342 g/mol. The van der Waals surface area contributed by atoms with E-state index in [0.29, 0.717) is 22.7 Å². The SMILES string of the molecule is COc1cccc(-c2noc(COC(=O)c3ccc(C)c(F)c3)n2)c1. The zero-order valence-electron chi connectivity index (χ0n) is 13.7. The number of hydrogen-bond acceptors (Lipinski definition) is 6. The maximum absolute atomic E-state index is 13.5. The van der Waals surface area contributed by atoms with Crippen molar-refractivity contribution in [3.63, 3.8) is 0 Å². The predicted octanol–water partition coefficient (Wildman–Crippen LogP) is 3.55. The van der Waals surface area contributed by atoms with Gasteiger partial charge in [-0.05, 0) is 36.8 Å². The molecule has 25 heavy (non-hydrogen) atoms. The molecule has 0 aliphatic rings. The fraction of sp³-hybridized carbons (Fsp3) is 0.167. The first-order valence-electron chi connectivity index (χ1n) is 7.47. The highest BCUT2D eigenvalue weighted by Crippen LogP contribution is 2.21. The van der Waals surface area contributed by atoms with Gasteiger partial charge in [-0.2, -0.15) is 4.98 Å². The van der Waals surface area contributed by atoms with Crippen molar-refractivity contribution in [2.45, 2.75) is 13.5 Å². The molecule has 0 saturated heterocycles. The van der Waals surface area contributed by atoms with Gasteiger partial charge in [0.15, 0.2) is 6.61 Å². The Hall–Kier alpha value is -3.22. The fourth-order valence-corrected chi connectivity index (χ4v) is 2.12. The number of carbonyl (C=O) groups excluding carboxylic acids is 1. The first kappa shape index (κ1) is 16.6. The molecule has 0 aliphatic heterocycles. The van der Waals surface area contributed by atoms with Crippen LogP contribution in [0.4, 0.5) is 4.39 Å². The number of ether oxygens (including phenoxy) is 2. The van der Waals surface area contributed by atoms with E-state index < -0.39 is 11.8 Å². The first-order chi connectivity index (χ1) is 12.1. The van der Waals surface area contributed by atoms with Crippen LogP contribution in [0.2, 0.25) is 0 Å². The third-order valence-electron chi connectivity index (χ3n) is 3.53. The summed E-state index contributed by atoms with van der Waals surface area (Å²) < 4.78 is 28.8. The van der Waals surface area contributed by atoms with Crippen molar-refractivity contribution in [2.24, 2.45) is 0 Å². The molecule has 0 saturated carbocycles. The highest BCUT2D eigenvalue weighted by Gasteiger charge is 2.14. The topological polar surface area (TPSA) is 74.5 Å². The Balaban J connectivity index is 1.67. The van der Waals surface area contributed by atoms with Crippen LogP contribution in [0.5, 0.6) is 5.75 Å². The van der Waals surface area contributed by atoms with Gasteiger partial charge in [-0.1, -0.05) is 23.4 Å². The number of benzene rings is 2. The van der Waals surface area contributed by atoms with Gasteiger partial charge in [0.2, 0.25) is 5.82 Å². The number of aromatic nitrogens is 2. The molecule has 0 spiro atoms. The number of carbonyl (C=O) groups is 1. The molecule has 0 fully saturated rings. The summed E-state index contributed by atoms with van der Waals surface area (Å²) in [6.45, 7) is 1.41. The minimum absolute atomic E-state index is 0.121. The summed E-state index contributed by atoms with van der Waals surface area (Å²) >= 11 is 0. The number of methoxy groups -OCH3 is 1. The maximum atomic E-state index is 13.5. The lowest BCUT2D eigenvalue weighted by molar-refractivity contribution is 0.0429. The van der Waals surface area contributed by atoms with Crippen LogP contribution in [0.25, 0.3) is 11.4 Å². The first-order valence-corrected chi connectivity index (χ1v) is 7.47. The molecule has 0 radical (unpaired) electrons. The van der Waals surface area contributed by atoms with Gasteiger partial charge in [0, 0.05) is 5.56 Å². The van der Waals surface area contributed by atoms with Gasteiger partial charge >= 0.3 is 5.97 Å². The number of nitrogens with zero attached hydrogens (tertiary/aromatic N) is 2. The summed E-state index contributed by atoms with van der Waals surface area (Å²) in [4.78, 5) is 16.1. The van der Waals surface area contributed by atoms with Crippen molar-refractivity contribution in [3.8, 4) is 17.1 Å². The van der Waals surface area contributed by atoms with Gasteiger partial charge < -0.3 is 14.0 Å². The van der Waals surface area contributed by atoms with Gasteiger partial charge in [0.1, 0.15) is 11.6 Å². The molecule has 0 unspecified atom stereocenters. The molecular weight excluding hydrogens is 327 g/mol. The zero-order chi connectivity index (χ0) is 17.8. The van der Waals surface area contributed by atoms with Gasteiger partial charge in [-0.25, -0.2) is 9.18 Å². The quantitative estimate of drug-likeness (QED) is 0.660. The lowest BCUT2D eigenvalue weighted by Crippen LogP contribution is -2.06. The number of hydrogen-bond donors (Lipinski definition) is 0. The molecule has 0 amide bonds. The lowest BCUT2D eigenvalue weighted by atomic mass is 10.1. The van der Waals surface area contributed by atoms with Crippen molar-refractivity contribution in [2.75, 3.05) is 7.11 Å². The second-order valence-electron chi connectivity index (χ2n) is 5.28. The molecule has 0 bridgehead atoms. The van der Waals surface area contributed by atoms with E-state index in [1.54, 1.807) is 38.3 Å². The molecule has 0 aliphatic carbocycles. The largest absolute Gasteiger partial charge is 0.497 e. The van der Waals surface area contributed by atoms with Crippen LogP contribution in [-0.2, 0) is 11.3 Å². The van der Waals surface area contributed by atoms with E-state index in [2.05, 4.69) is 10.1 Å². The summed E-state index contributed by atoms with van der Waals surface area (Å²) in [5, 5.41) is 3.85. The standard InChI is InChI=1S/C18H15FN2O4/c1-11-6-7-13(9-15(11)19)18(22)24-10-16-20-17(21-25-16)12-4-3-5-14(8-12)23-2/h3-9H,10H2,1-2H3. The number of aryl methyl sites for hydroxylation is 1. The summed E-state index contributed by atoms with van der Waals surface area (Å²) in [6.07, 6.45) is 0. The molecule has 0 N–H and O–H groups in total. The Bertz CT molecular complexity index is 908. The van der Waals surface area contributed by atoms with E-state index >= 15 is 0 Å². The summed E-state index contributed by atoms with van der Waals surface area (Å²) in [7, 11) is 1.56. The molecule has 3 rings (SSSR count). The molecule has 128 valence electrons. The molecule has 1 aromatic heterocycles. The van der Waals surface area contributed by atoms with Crippen molar-refractivity contribution < 1.29 is 23.2 Å². The lowest BCUT2D eigenvalue weighted by Gasteiger charge is -2.03. The van der Waals surface area contributed by atoms with Crippen molar-refractivity contribution in [1.82, 2.24) is 10.1 Å². The van der Waals surface area contributed by atoms with Crippen LogP contribution in [0, 0.1) is 12.7 Å². The van der Waals surface area contributed by atoms with Gasteiger partial charge in [0.05, 0.1) is 12.7 Å². The van der Waals surface area contributed by atoms with E-state index in [0.717, 1.165) is 6.07 Å². The van der Waals surface area contributed by atoms with Gasteiger partial charge in [0.25, 0.3) is 5.89 Å². The van der Waals surface area contributed by atoms with Crippen molar-refractivity contribution in [1.29, 1.82) is 0 Å². The molecule has 2 aromatic carbocycles. The Morgan fingerprint density at radius 3 is 2.84 bits per heavy atom. The number of halogens is 1. The minimum Gasteiger partial charge on any atom is -0.497 e. The Morgan fingerprint density at radius 1 is 1.24 bits per heavy atom. The van der Waals surface area contributed by atoms with Crippen LogP contribution in [0.3, 0.4) is 0 Å². The van der Waals surface area contributed by atoms with E-state index in [9.17, 15) is 9.18 Å². The van der Waals surface area contributed by atoms with Crippen LogP contribution < -0.4 is 4.74 Å². The van der Waals surface area contributed by atoms with Gasteiger partial charge in [-0.3, -0.25) is 0 Å². The van der Waals surface area contributed by atoms with Crippen LogP contribution in [-0.4, -0.2) is 23.2 Å². The second kappa shape index (κ2) is 7.12. The van der Waals surface area contributed by atoms with Gasteiger partial charge in [-0.15, -0.1) is 0 Å². The minimum atomic E-state index is -0.667. The van der Waals surface area contributed by atoms with Crippen molar-refractivity contribution >= 4 is 5.97 Å². The van der Waals surface area contributed by atoms with E-state index in [1.807, 2.05) is 0 Å². The summed E-state index contributed by atoms with van der Waals surface area (Å²) in [5.74, 6) is 0.0225. The normalized spacial score (nSPS) is 10.5. The summed E-state index contributed by atoms with van der Waals surface area (Å²) in [6, 6.07) is 11.3. The maximum Gasteiger partial charge on any atom is 0.338 e. The zero-order valence-corrected chi connectivity index (χ0v) is 13.7. The predicted molar refractivity (Wildman–Crippen MR) is 86.5 cm³/mol. The molecule has 1 heterocycles. The van der Waals surface area contributed by atoms with Crippen LogP contribution >= 0.6 is 0 Å². The third kappa shape index (κ3) is 3.82. The van der Waals surface area contributed by atoms with E-state index in [-0.39, 0.29) is 18.1 Å². The molecule has 0 atom stereocenters. The van der Waals surface area contributed by atoms with Crippen molar-refractivity contribution in [3.05, 3.63) is 65.3 Å². The van der Waals surface area contributed by atoms with E-state index in [4.69, 9.17) is 14.0 Å². The molecule has 3 aromatic rings. The number of rotatable bonds is 5. The van der Waals surface area contributed by atoms with Crippen LogP contribution in [0.15, 0.2) is 47.0 Å². The highest BCUT2D eigenvalue weighted by atomic mass is 19.1. The van der Waals surface area contributed by atoms with E-state index in [1.165, 1.54) is 12.1 Å². The Labute approximate surface area is 143 Å². The summed E-state index contributed by atoms with van der Waals surface area (Å²) in [5.41, 5.74) is 1.29.